The summed E-state index contributed by atoms with van der Waals surface area (Å²) in [5.41, 5.74) is 2.78. The van der Waals surface area contributed by atoms with E-state index in [0.717, 1.165) is 11.3 Å². The Hall–Kier alpha value is -2.62. The van der Waals surface area contributed by atoms with Crippen molar-refractivity contribution < 1.29 is 9.59 Å². The third-order valence-corrected chi connectivity index (χ3v) is 5.02. The summed E-state index contributed by atoms with van der Waals surface area (Å²) in [4.78, 5) is 26.9. The van der Waals surface area contributed by atoms with Crippen molar-refractivity contribution in [3.05, 3.63) is 65.7 Å². The molecule has 1 heterocycles. The summed E-state index contributed by atoms with van der Waals surface area (Å²) in [6.45, 7) is 5.53. The highest BCUT2D eigenvalue weighted by molar-refractivity contribution is 5.95. The summed E-state index contributed by atoms with van der Waals surface area (Å²) in [6.07, 6.45) is 1.41. The topological polar surface area (TPSA) is 49.4 Å². The van der Waals surface area contributed by atoms with Crippen molar-refractivity contribution in [3.8, 4) is 0 Å². The van der Waals surface area contributed by atoms with Crippen LogP contribution in [0, 0.1) is 5.92 Å². The molecule has 0 aromatic heterocycles. The predicted octanol–water partition coefficient (Wildman–Crippen LogP) is 4.30. The Morgan fingerprint density at radius 3 is 2.15 bits per heavy atom. The van der Waals surface area contributed by atoms with Crippen molar-refractivity contribution in [1.29, 1.82) is 0 Å². The summed E-state index contributed by atoms with van der Waals surface area (Å²) in [6, 6.07) is 17.4. The maximum Gasteiger partial charge on any atom is 0.253 e. The van der Waals surface area contributed by atoms with Gasteiger partial charge in [0.15, 0.2) is 0 Å². The lowest BCUT2D eigenvalue weighted by atomic mass is 9.95. The summed E-state index contributed by atoms with van der Waals surface area (Å²) in [5, 5.41) is 2.96. The predicted molar refractivity (Wildman–Crippen MR) is 104 cm³/mol. The molecule has 3 rings (SSSR count). The number of carbonyl (C=O) groups is 2. The fourth-order valence-electron chi connectivity index (χ4n) is 3.30. The maximum absolute atomic E-state index is 12.7. The number of carbonyl (C=O) groups excluding carboxylic acids is 2. The van der Waals surface area contributed by atoms with Crippen molar-refractivity contribution in [2.75, 3.05) is 18.4 Å². The lowest BCUT2D eigenvalue weighted by molar-refractivity contribution is -0.121. The number of rotatable bonds is 4. The molecule has 1 N–H and O–H groups in total. The van der Waals surface area contributed by atoms with Gasteiger partial charge >= 0.3 is 0 Å². The molecule has 0 bridgehead atoms. The molecule has 0 unspecified atom stereocenters. The highest BCUT2D eigenvalue weighted by Gasteiger charge is 2.27. The second-order valence-corrected chi connectivity index (χ2v) is 7.20. The van der Waals surface area contributed by atoms with Crippen LogP contribution in [0.2, 0.25) is 0 Å². The average molecular weight is 350 g/mol. The average Bonchev–Trinajstić information content (AvgIpc) is 2.68. The molecule has 1 aliphatic rings. The van der Waals surface area contributed by atoms with Gasteiger partial charge in [-0.05, 0) is 48.6 Å². The van der Waals surface area contributed by atoms with Gasteiger partial charge in [-0.15, -0.1) is 0 Å². The van der Waals surface area contributed by atoms with Gasteiger partial charge in [-0.2, -0.15) is 0 Å². The van der Waals surface area contributed by atoms with Crippen LogP contribution in [0.1, 0.15) is 48.5 Å². The molecule has 4 heteroatoms. The monoisotopic (exact) mass is 350 g/mol. The van der Waals surface area contributed by atoms with Crippen LogP contribution in [0.4, 0.5) is 5.69 Å². The molecule has 1 saturated heterocycles. The highest BCUT2D eigenvalue weighted by Crippen LogP contribution is 2.22. The van der Waals surface area contributed by atoms with E-state index in [0.29, 0.717) is 31.8 Å². The number of hydrogen-bond donors (Lipinski definition) is 1. The van der Waals surface area contributed by atoms with Crippen molar-refractivity contribution in [2.24, 2.45) is 5.92 Å². The van der Waals surface area contributed by atoms with Crippen LogP contribution in [0.3, 0.4) is 0 Å². The second kappa shape index (κ2) is 8.17. The smallest absolute Gasteiger partial charge is 0.253 e. The minimum absolute atomic E-state index is 0.0393. The number of piperidine rings is 1. The summed E-state index contributed by atoms with van der Waals surface area (Å²) in [7, 11) is 0. The minimum atomic E-state index is -0.0393. The van der Waals surface area contributed by atoms with Gasteiger partial charge in [-0.3, -0.25) is 9.59 Å². The molecule has 1 fully saturated rings. The van der Waals surface area contributed by atoms with Crippen LogP contribution in [-0.4, -0.2) is 29.8 Å². The number of amides is 2. The molecule has 4 nitrogen and oxygen atoms in total. The van der Waals surface area contributed by atoms with Gasteiger partial charge < -0.3 is 10.2 Å². The number of nitrogens with zero attached hydrogens (tertiary/aromatic N) is 1. The van der Waals surface area contributed by atoms with Crippen LogP contribution >= 0.6 is 0 Å². The van der Waals surface area contributed by atoms with Crippen molar-refractivity contribution in [3.63, 3.8) is 0 Å². The first-order chi connectivity index (χ1) is 12.5. The first kappa shape index (κ1) is 18.2. The van der Waals surface area contributed by atoms with Crippen LogP contribution in [-0.2, 0) is 4.79 Å². The molecule has 0 radical (unpaired) electrons. The fraction of sp³-hybridized carbons (Fsp3) is 0.364. The Balaban J connectivity index is 1.54. The van der Waals surface area contributed by atoms with E-state index in [-0.39, 0.29) is 17.7 Å². The quantitative estimate of drug-likeness (QED) is 0.894. The van der Waals surface area contributed by atoms with Crippen molar-refractivity contribution in [2.45, 2.75) is 32.6 Å². The zero-order valence-electron chi connectivity index (χ0n) is 15.4. The molecule has 2 aromatic carbocycles. The molecule has 136 valence electrons. The number of benzene rings is 2. The SMILES string of the molecule is CC(C)c1ccc(C(=O)N2CCC(C(=O)Nc3ccccc3)CC2)cc1. The molecule has 0 aliphatic carbocycles. The Labute approximate surface area is 155 Å². The molecule has 2 amide bonds. The Bertz CT molecular complexity index is 745. The lowest BCUT2D eigenvalue weighted by Crippen LogP contribution is -2.41. The zero-order chi connectivity index (χ0) is 18.5. The van der Waals surface area contributed by atoms with Gasteiger partial charge in [0.2, 0.25) is 5.91 Å². The number of para-hydroxylation sites is 1. The van der Waals surface area contributed by atoms with Crippen LogP contribution in [0.25, 0.3) is 0 Å². The highest BCUT2D eigenvalue weighted by atomic mass is 16.2. The van der Waals surface area contributed by atoms with E-state index >= 15 is 0 Å². The van der Waals surface area contributed by atoms with Crippen LogP contribution < -0.4 is 5.32 Å². The molecule has 0 atom stereocenters. The fourth-order valence-corrected chi connectivity index (χ4v) is 3.30. The summed E-state index contributed by atoms with van der Waals surface area (Å²) < 4.78 is 0. The Morgan fingerprint density at radius 1 is 0.962 bits per heavy atom. The van der Waals surface area contributed by atoms with Crippen molar-refractivity contribution in [1.82, 2.24) is 4.90 Å². The first-order valence-electron chi connectivity index (χ1n) is 9.29. The van der Waals surface area contributed by atoms with Crippen molar-refractivity contribution >= 4 is 17.5 Å². The van der Waals surface area contributed by atoms with Gasteiger partial charge in [-0.25, -0.2) is 0 Å². The van der Waals surface area contributed by atoms with E-state index in [9.17, 15) is 9.59 Å². The standard InChI is InChI=1S/C22H26N2O2/c1-16(2)17-8-10-19(11-9-17)22(26)24-14-12-18(13-15-24)21(25)23-20-6-4-3-5-7-20/h3-11,16,18H,12-15H2,1-2H3,(H,23,25). The number of likely N-dealkylation sites (tertiary alicyclic amines) is 1. The third kappa shape index (κ3) is 4.31. The zero-order valence-corrected chi connectivity index (χ0v) is 15.4. The molecule has 2 aromatic rings. The molecule has 1 aliphatic heterocycles. The van der Waals surface area contributed by atoms with E-state index in [1.54, 1.807) is 0 Å². The van der Waals surface area contributed by atoms with E-state index in [1.165, 1.54) is 5.56 Å². The molecule has 0 spiro atoms. The third-order valence-electron chi connectivity index (χ3n) is 5.02. The second-order valence-electron chi connectivity index (χ2n) is 7.20. The number of anilines is 1. The summed E-state index contributed by atoms with van der Waals surface area (Å²) >= 11 is 0. The first-order valence-corrected chi connectivity index (χ1v) is 9.29. The Kier molecular flexibility index (Phi) is 5.71. The summed E-state index contributed by atoms with van der Waals surface area (Å²) in [5.74, 6) is 0.521. The molecular weight excluding hydrogens is 324 g/mol. The minimum Gasteiger partial charge on any atom is -0.339 e. The van der Waals surface area contributed by atoms with E-state index in [1.807, 2.05) is 59.5 Å². The van der Waals surface area contributed by atoms with Gasteiger partial charge in [0, 0.05) is 30.3 Å². The number of nitrogens with one attached hydrogen (secondary N) is 1. The van der Waals surface area contributed by atoms with Crippen LogP contribution in [0.5, 0.6) is 0 Å². The molecule has 0 saturated carbocycles. The van der Waals surface area contributed by atoms with E-state index in [2.05, 4.69) is 19.2 Å². The molecule has 26 heavy (non-hydrogen) atoms. The normalized spacial score (nSPS) is 15.1. The number of hydrogen-bond acceptors (Lipinski definition) is 2. The van der Waals surface area contributed by atoms with Crippen LogP contribution in [0.15, 0.2) is 54.6 Å². The van der Waals surface area contributed by atoms with Gasteiger partial charge in [0.25, 0.3) is 5.91 Å². The molecular formula is C22H26N2O2. The van der Waals surface area contributed by atoms with E-state index < -0.39 is 0 Å². The van der Waals surface area contributed by atoms with E-state index in [4.69, 9.17) is 0 Å². The van der Waals surface area contributed by atoms with Gasteiger partial charge in [0.05, 0.1) is 0 Å². The van der Waals surface area contributed by atoms with Gasteiger partial charge in [0.1, 0.15) is 0 Å². The largest absolute Gasteiger partial charge is 0.339 e. The maximum atomic E-state index is 12.7. The van der Waals surface area contributed by atoms with Gasteiger partial charge in [-0.1, -0.05) is 44.2 Å². The lowest BCUT2D eigenvalue weighted by Gasteiger charge is -2.31. The Morgan fingerprint density at radius 2 is 1.58 bits per heavy atom.